The van der Waals surface area contributed by atoms with Crippen molar-refractivity contribution < 1.29 is 0 Å². The van der Waals surface area contributed by atoms with Gasteiger partial charge in [0.15, 0.2) is 0 Å². The standard InChI is InChI=1S/C9H13N/c1-2-7-5-10-6-9(7)8-3-4-8/h5-6,8,10H,2-4H2,1H3. The Kier molecular flexibility index (Phi) is 1.30. The Hall–Kier alpha value is -0.720. The molecule has 1 nitrogen and oxygen atoms in total. The van der Waals surface area contributed by atoms with E-state index in [1.807, 2.05) is 0 Å². The van der Waals surface area contributed by atoms with Crippen LogP contribution in [0.4, 0.5) is 0 Å². The maximum absolute atomic E-state index is 3.17. The van der Waals surface area contributed by atoms with Crippen molar-refractivity contribution in [3.8, 4) is 0 Å². The van der Waals surface area contributed by atoms with E-state index in [2.05, 4.69) is 24.3 Å². The molecule has 1 heterocycles. The van der Waals surface area contributed by atoms with Gasteiger partial charge in [-0.2, -0.15) is 0 Å². The molecule has 0 amide bonds. The number of rotatable bonds is 2. The first kappa shape index (κ1) is 6.02. The maximum atomic E-state index is 3.17. The topological polar surface area (TPSA) is 15.8 Å². The second-order valence-corrected chi connectivity index (χ2v) is 3.06. The highest BCUT2D eigenvalue weighted by atomic mass is 14.6. The van der Waals surface area contributed by atoms with E-state index in [4.69, 9.17) is 0 Å². The lowest BCUT2D eigenvalue weighted by Crippen LogP contribution is -1.81. The van der Waals surface area contributed by atoms with Gasteiger partial charge >= 0.3 is 0 Å². The molecule has 1 aromatic rings. The average Bonchev–Trinajstić information content (AvgIpc) is 2.69. The number of hydrogen-bond donors (Lipinski definition) is 1. The Bertz CT molecular complexity index is 220. The van der Waals surface area contributed by atoms with E-state index in [0.717, 1.165) is 5.92 Å². The Balaban J connectivity index is 2.28. The van der Waals surface area contributed by atoms with Crippen molar-refractivity contribution in [3.63, 3.8) is 0 Å². The highest BCUT2D eigenvalue weighted by Crippen LogP contribution is 2.41. The molecule has 0 saturated heterocycles. The van der Waals surface area contributed by atoms with Crippen LogP contribution in [0.5, 0.6) is 0 Å². The van der Waals surface area contributed by atoms with Gasteiger partial charge in [-0.05, 0) is 36.3 Å². The first-order valence-corrected chi connectivity index (χ1v) is 4.07. The summed E-state index contributed by atoms with van der Waals surface area (Å²) in [4.78, 5) is 3.17. The molecule has 0 unspecified atom stereocenters. The molecule has 1 aliphatic rings. The minimum absolute atomic E-state index is 0.904. The largest absolute Gasteiger partial charge is 0.367 e. The van der Waals surface area contributed by atoms with E-state index in [1.165, 1.54) is 24.8 Å². The normalized spacial score (nSPS) is 17.7. The third kappa shape index (κ3) is 0.859. The van der Waals surface area contributed by atoms with E-state index in [0.29, 0.717) is 0 Å². The number of H-pyrrole nitrogens is 1. The van der Waals surface area contributed by atoms with Crippen molar-refractivity contribution in [2.45, 2.75) is 32.1 Å². The van der Waals surface area contributed by atoms with Crippen molar-refractivity contribution >= 4 is 0 Å². The zero-order valence-electron chi connectivity index (χ0n) is 6.35. The Morgan fingerprint density at radius 3 is 2.90 bits per heavy atom. The summed E-state index contributed by atoms with van der Waals surface area (Å²) in [5.74, 6) is 0.904. The molecule has 0 atom stereocenters. The van der Waals surface area contributed by atoms with Crippen LogP contribution in [-0.4, -0.2) is 4.98 Å². The molecule has 0 aliphatic heterocycles. The van der Waals surface area contributed by atoms with Crippen LogP contribution in [0, 0.1) is 0 Å². The molecule has 1 N–H and O–H groups in total. The summed E-state index contributed by atoms with van der Waals surface area (Å²) >= 11 is 0. The maximum Gasteiger partial charge on any atom is 0.00430 e. The lowest BCUT2D eigenvalue weighted by molar-refractivity contribution is 1.05. The molecule has 1 heteroatoms. The summed E-state index contributed by atoms with van der Waals surface area (Å²) in [6.07, 6.45) is 8.29. The molecule has 1 saturated carbocycles. The van der Waals surface area contributed by atoms with Gasteiger partial charge in [-0.15, -0.1) is 0 Å². The number of nitrogens with one attached hydrogen (secondary N) is 1. The molecule has 0 aromatic carbocycles. The van der Waals surface area contributed by atoms with Crippen molar-refractivity contribution in [2.24, 2.45) is 0 Å². The molecular formula is C9H13N. The van der Waals surface area contributed by atoms with Gasteiger partial charge in [0.1, 0.15) is 0 Å². The third-order valence-corrected chi connectivity index (χ3v) is 2.27. The summed E-state index contributed by atoms with van der Waals surface area (Å²) in [6.45, 7) is 2.22. The molecule has 54 valence electrons. The fourth-order valence-corrected chi connectivity index (χ4v) is 1.49. The summed E-state index contributed by atoms with van der Waals surface area (Å²) in [5, 5.41) is 0. The molecule has 0 bridgehead atoms. The van der Waals surface area contributed by atoms with Gasteiger partial charge < -0.3 is 4.98 Å². The van der Waals surface area contributed by atoms with Gasteiger partial charge in [-0.25, -0.2) is 0 Å². The Morgan fingerprint density at radius 1 is 1.50 bits per heavy atom. The Labute approximate surface area is 61.5 Å². The quantitative estimate of drug-likeness (QED) is 0.641. The van der Waals surface area contributed by atoms with Crippen molar-refractivity contribution in [3.05, 3.63) is 23.5 Å². The molecule has 0 radical (unpaired) electrons. The fourth-order valence-electron chi connectivity index (χ4n) is 1.49. The number of aromatic nitrogens is 1. The van der Waals surface area contributed by atoms with Crippen LogP contribution in [0.2, 0.25) is 0 Å². The van der Waals surface area contributed by atoms with Gasteiger partial charge in [-0.1, -0.05) is 6.92 Å². The number of hydrogen-bond acceptors (Lipinski definition) is 0. The number of aromatic amines is 1. The third-order valence-electron chi connectivity index (χ3n) is 2.27. The average molecular weight is 135 g/mol. The van der Waals surface area contributed by atoms with Gasteiger partial charge in [0.2, 0.25) is 0 Å². The zero-order chi connectivity index (χ0) is 6.97. The lowest BCUT2D eigenvalue weighted by Gasteiger charge is -1.95. The van der Waals surface area contributed by atoms with E-state index >= 15 is 0 Å². The highest BCUT2D eigenvalue weighted by molar-refractivity contribution is 5.30. The predicted octanol–water partition coefficient (Wildman–Crippen LogP) is 2.45. The highest BCUT2D eigenvalue weighted by Gasteiger charge is 2.25. The van der Waals surface area contributed by atoms with E-state index in [9.17, 15) is 0 Å². The van der Waals surface area contributed by atoms with Crippen molar-refractivity contribution in [2.75, 3.05) is 0 Å². The first-order chi connectivity index (χ1) is 4.92. The molecule has 2 rings (SSSR count). The van der Waals surface area contributed by atoms with E-state index < -0.39 is 0 Å². The Morgan fingerprint density at radius 2 is 2.30 bits per heavy atom. The monoisotopic (exact) mass is 135 g/mol. The summed E-state index contributed by atoms with van der Waals surface area (Å²) in [7, 11) is 0. The van der Waals surface area contributed by atoms with Crippen LogP contribution in [0.15, 0.2) is 12.4 Å². The molecule has 1 fully saturated rings. The molecule has 0 spiro atoms. The number of aryl methyl sites for hydroxylation is 1. The van der Waals surface area contributed by atoms with Gasteiger partial charge in [0.25, 0.3) is 0 Å². The second kappa shape index (κ2) is 2.15. The van der Waals surface area contributed by atoms with Crippen LogP contribution in [-0.2, 0) is 6.42 Å². The minimum Gasteiger partial charge on any atom is -0.367 e. The van der Waals surface area contributed by atoms with Crippen LogP contribution >= 0.6 is 0 Å². The molecular weight excluding hydrogens is 122 g/mol. The fraction of sp³-hybridized carbons (Fsp3) is 0.556. The van der Waals surface area contributed by atoms with Crippen molar-refractivity contribution in [1.29, 1.82) is 0 Å². The van der Waals surface area contributed by atoms with Crippen LogP contribution in [0.1, 0.15) is 36.8 Å². The van der Waals surface area contributed by atoms with Gasteiger partial charge in [0.05, 0.1) is 0 Å². The lowest BCUT2D eigenvalue weighted by atomic mass is 10.1. The van der Waals surface area contributed by atoms with E-state index in [1.54, 1.807) is 5.56 Å². The summed E-state index contributed by atoms with van der Waals surface area (Å²) in [5.41, 5.74) is 3.09. The molecule has 1 aliphatic carbocycles. The van der Waals surface area contributed by atoms with Gasteiger partial charge in [-0.3, -0.25) is 0 Å². The van der Waals surface area contributed by atoms with Crippen LogP contribution < -0.4 is 0 Å². The minimum atomic E-state index is 0.904. The zero-order valence-corrected chi connectivity index (χ0v) is 6.35. The summed E-state index contributed by atoms with van der Waals surface area (Å²) < 4.78 is 0. The second-order valence-electron chi connectivity index (χ2n) is 3.06. The summed E-state index contributed by atoms with van der Waals surface area (Å²) in [6, 6.07) is 0. The van der Waals surface area contributed by atoms with Gasteiger partial charge in [0, 0.05) is 12.4 Å². The van der Waals surface area contributed by atoms with Crippen molar-refractivity contribution in [1.82, 2.24) is 4.98 Å². The van der Waals surface area contributed by atoms with Crippen LogP contribution in [0.3, 0.4) is 0 Å². The predicted molar refractivity (Wildman–Crippen MR) is 42.1 cm³/mol. The molecule has 10 heavy (non-hydrogen) atoms. The SMILES string of the molecule is CCc1c[nH]cc1C1CC1. The first-order valence-electron chi connectivity index (χ1n) is 4.07. The van der Waals surface area contributed by atoms with E-state index in [-0.39, 0.29) is 0 Å². The smallest absolute Gasteiger partial charge is 0.00430 e. The molecule has 1 aromatic heterocycles. The van der Waals surface area contributed by atoms with Crippen LogP contribution in [0.25, 0.3) is 0 Å².